The second-order valence-corrected chi connectivity index (χ2v) is 15.8. The van der Waals surface area contributed by atoms with Gasteiger partial charge in [-0.15, -0.1) is 0 Å². The van der Waals surface area contributed by atoms with Gasteiger partial charge in [0, 0.05) is 0 Å². The van der Waals surface area contributed by atoms with E-state index >= 15 is 0 Å². The van der Waals surface area contributed by atoms with Gasteiger partial charge in [0.25, 0.3) is 0 Å². The molecule has 162 valence electrons. The van der Waals surface area contributed by atoms with Gasteiger partial charge in [0.2, 0.25) is 0 Å². The van der Waals surface area contributed by atoms with Crippen molar-refractivity contribution in [2.45, 2.75) is 51.1 Å². The van der Waals surface area contributed by atoms with Gasteiger partial charge in [-0.2, -0.15) is 0 Å². The summed E-state index contributed by atoms with van der Waals surface area (Å²) < 4.78 is 47.1. The summed E-state index contributed by atoms with van der Waals surface area (Å²) in [6.07, 6.45) is -4.36. The van der Waals surface area contributed by atoms with Crippen molar-refractivity contribution < 1.29 is 17.6 Å². The van der Waals surface area contributed by atoms with Gasteiger partial charge in [-0.05, 0) is 0 Å². The number of anilines is 1. The molecule has 1 aromatic heterocycles. The Bertz CT molecular complexity index is 997. The van der Waals surface area contributed by atoms with Gasteiger partial charge in [-0.1, -0.05) is 0 Å². The molecule has 3 nitrogen and oxygen atoms in total. The van der Waals surface area contributed by atoms with E-state index in [1.807, 2.05) is 30.3 Å². The Morgan fingerprint density at radius 3 is 2.33 bits per heavy atom. The van der Waals surface area contributed by atoms with Crippen molar-refractivity contribution in [3.63, 3.8) is 0 Å². The Kier molecular flexibility index (Phi) is 6.53. The molecule has 1 heterocycles. The standard InChI is InChI=1S/C22H27F3N2OSeSi/c1-21(2,3)30(4,5)28-14-18(15-9-7-6-8-10-15)27-20-26-17-13-16(22(23,24)25)11-12-19(17)29-20/h6-13,18H,14H2,1-5H3,(H,26,27)/t18-/m0/s1. The summed E-state index contributed by atoms with van der Waals surface area (Å²) in [7, 11) is -1.95. The summed E-state index contributed by atoms with van der Waals surface area (Å²) in [5.74, 6) is 0. The molecule has 0 saturated heterocycles. The van der Waals surface area contributed by atoms with Crippen LogP contribution in [0.2, 0.25) is 18.1 Å². The van der Waals surface area contributed by atoms with E-state index in [-0.39, 0.29) is 25.6 Å². The summed E-state index contributed by atoms with van der Waals surface area (Å²) in [5, 5.41) is 3.55. The molecule has 3 rings (SSSR count). The van der Waals surface area contributed by atoms with E-state index in [9.17, 15) is 13.2 Å². The van der Waals surface area contributed by atoms with Crippen molar-refractivity contribution in [2.75, 3.05) is 11.9 Å². The van der Waals surface area contributed by atoms with Gasteiger partial charge in [-0.25, -0.2) is 0 Å². The van der Waals surface area contributed by atoms with Crippen molar-refractivity contribution in [1.29, 1.82) is 0 Å². The van der Waals surface area contributed by atoms with Crippen LogP contribution in [0.15, 0.2) is 48.5 Å². The number of nitrogens with one attached hydrogen (secondary N) is 1. The molecule has 1 N–H and O–H groups in total. The minimum atomic E-state index is -4.36. The number of rotatable bonds is 6. The Labute approximate surface area is 182 Å². The molecule has 0 amide bonds. The fourth-order valence-corrected chi connectivity index (χ4v) is 5.63. The van der Waals surface area contributed by atoms with Gasteiger partial charge >= 0.3 is 183 Å². The van der Waals surface area contributed by atoms with Crippen LogP contribution in [0.5, 0.6) is 0 Å². The SMILES string of the molecule is CC(C)(C)[Si](C)(C)OC[C@H](Nc1nc2cc(C(F)(F)F)ccc2[se]1)c1ccccc1. The summed E-state index contributed by atoms with van der Waals surface area (Å²) in [4.78, 5) is 4.47. The van der Waals surface area contributed by atoms with Crippen molar-refractivity contribution in [1.82, 2.24) is 4.98 Å². The fourth-order valence-electron chi connectivity index (χ4n) is 2.73. The number of nitrogens with zero attached hydrogens (tertiary/aromatic N) is 1. The Hall–Kier alpha value is -1.60. The molecular weight excluding hydrogens is 472 g/mol. The molecule has 0 bridgehead atoms. The van der Waals surface area contributed by atoms with E-state index in [1.54, 1.807) is 6.07 Å². The van der Waals surface area contributed by atoms with E-state index < -0.39 is 20.1 Å². The van der Waals surface area contributed by atoms with Crippen molar-refractivity contribution in [3.8, 4) is 0 Å². The monoisotopic (exact) mass is 500 g/mol. The third-order valence-corrected chi connectivity index (χ3v) is 12.2. The van der Waals surface area contributed by atoms with E-state index in [0.29, 0.717) is 12.1 Å². The quantitative estimate of drug-likeness (QED) is 0.394. The normalized spacial score (nSPS) is 14.1. The molecule has 30 heavy (non-hydrogen) atoms. The summed E-state index contributed by atoms with van der Waals surface area (Å²) in [5.41, 5.74) is 0.814. The zero-order valence-electron chi connectivity index (χ0n) is 17.8. The van der Waals surface area contributed by atoms with Crippen molar-refractivity contribution >= 4 is 37.3 Å². The summed E-state index contributed by atoms with van der Waals surface area (Å²) in [6, 6.07) is 13.7. The molecule has 2 aromatic carbocycles. The van der Waals surface area contributed by atoms with E-state index in [2.05, 4.69) is 44.2 Å². The van der Waals surface area contributed by atoms with Crippen LogP contribution in [-0.4, -0.2) is 34.4 Å². The van der Waals surface area contributed by atoms with Gasteiger partial charge in [-0.3, -0.25) is 0 Å². The number of benzene rings is 2. The van der Waals surface area contributed by atoms with Gasteiger partial charge in [0.15, 0.2) is 0 Å². The Morgan fingerprint density at radius 2 is 1.73 bits per heavy atom. The first-order chi connectivity index (χ1) is 13.9. The van der Waals surface area contributed by atoms with Crippen molar-refractivity contribution in [2.24, 2.45) is 0 Å². The molecule has 0 spiro atoms. The first-order valence-electron chi connectivity index (χ1n) is 9.80. The molecule has 1 atom stereocenters. The topological polar surface area (TPSA) is 34.1 Å². The molecule has 0 saturated carbocycles. The summed E-state index contributed by atoms with van der Waals surface area (Å²) in [6.45, 7) is 11.5. The second kappa shape index (κ2) is 8.50. The average Bonchev–Trinajstić information content (AvgIpc) is 3.06. The van der Waals surface area contributed by atoms with Crippen LogP contribution in [0.25, 0.3) is 9.78 Å². The van der Waals surface area contributed by atoms with Crippen LogP contribution >= 0.6 is 0 Å². The third kappa shape index (κ3) is 5.35. The van der Waals surface area contributed by atoms with E-state index in [0.717, 1.165) is 26.6 Å². The Morgan fingerprint density at radius 1 is 1.07 bits per heavy atom. The number of hydrogen-bond acceptors (Lipinski definition) is 3. The van der Waals surface area contributed by atoms with Crippen LogP contribution < -0.4 is 5.32 Å². The molecule has 0 radical (unpaired) electrons. The first kappa shape index (κ1) is 23.1. The van der Waals surface area contributed by atoms with E-state index in [1.165, 1.54) is 0 Å². The molecule has 8 heteroatoms. The van der Waals surface area contributed by atoms with Gasteiger partial charge in [0.05, 0.1) is 0 Å². The van der Waals surface area contributed by atoms with Crippen LogP contribution in [0.1, 0.15) is 37.9 Å². The minimum absolute atomic E-state index is 0.0906. The zero-order chi connectivity index (χ0) is 22.2. The number of fused-ring (bicyclic) bond motifs is 1. The molecule has 0 unspecified atom stereocenters. The molecule has 0 aliphatic rings. The van der Waals surface area contributed by atoms with Crippen molar-refractivity contribution in [3.05, 3.63) is 59.7 Å². The molecular formula is C22H27F3N2OSeSi. The fraction of sp³-hybridized carbons (Fsp3) is 0.409. The molecule has 0 fully saturated rings. The molecule has 0 aliphatic heterocycles. The zero-order valence-corrected chi connectivity index (χ0v) is 20.5. The third-order valence-electron chi connectivity index (χ3n) is 5.63. The first-order valence-corrected chi connectivity index (χ1v) is 14.4. The van der Waals surface area contributed by atoms with E-state index in [4.69, 9.17) is 4.43 Å². The average molecular weight is 500 g/mol. The van der Waals surface area contributed by atoms with Crippen LogP contribution in [0.4, 0.5) is 17.9 Å². The number of hydrogen-bond donors (Lipinski definition) is 1. The number of alkyl halides is 3. The van der Waals surface area contributed by atoms with Crippen LogP contribution in [-0.2, 0) is 10.6 Å². The summed E-state index contributed by atoms with van der Waals surface area (Å²) >= 11 is -0.163. The predicted octanol–water partition coefficient (Wildman–Crippen LogP) is 6.49. The maximum absolute atomic E-state index is 13.0. The molecule has 3 aromatic rings. The number of aromatic nitrogens is 1. The Balaban J connectivity index is 1.86. The second-order valence-electron chi connectivity index (χ2n) is 8.88. The van der Waals surface area contributed by atoms with Gasteiger partial charge < -0.3 is 0 Å². The van der Waals surface area contributed by atoms with Crippen LogP contribution in [0.3, 0.4) is 0 Å². The maximum atomic E-state index is 13.0. The number of halogens is 3. The predicted molar refractivity (Wildman–Crippen MR) is 120 cm³/mol. The van der Waals surface area contributed by atoms with Crippen LogP contribution in [0, 0.1) is 0 Å². The molecule has 0 aliphatic carbocycles. The van der Waals surface area contributed by atoms with Gasteiger partial charge in [0.1, 0.15) is 0 Å².